The van der Waals surface area contributed by atoms with E-state index < -0.39 is 5.41 Å². The van der Waals surface area contributed by atoms with Crippen LogP contribution < -0.4 is 4.90 Å². The second-order valence-corrected chi connectivity index (χ2v) is 18.5. The van der Waals surface area contributed by atoms with Crippen LogP contribution in [0.2, 0.25) is 0 Å². The Bertz CT molecular complexity index is 4070. The van der Waals surface area contributed by atoms with Gasteiger partial charge in [0.05, 0.1) is 27.5 Å². The third kappa shape index (κ3) is 6.01. The smallest absolute Gasteiger partial charge is 0.0713 e. The summed E-state index contributed by atoms with van der Waals surface area (Å²) in [6.45, 7) is 0. The van der Waals surface area contributed by atoms with Crippen molar-refractivity contribution in [3.8, 4) is 33.6 Å². The fourth-order valence-corrected chi connectivity index (χ4v) is 11.8. The number of hydrogen-bond donors (Lipinski definition) is 0. The molecule has 1 aliphatic rings. The molecule has 70 heavy (non-hydrogen) atoms. The highest BCUT2D eigenvalue weighted by atomic mass is 15.1. The topological polar surface area (TPSA) is 13.1 Å². The summed E-state index contributed by atoms with van der Waals surface area (Å²) in [7, 11) is 0. The summed E-state index contributed by atoms with van der Waals surface area (Å²) in [6.07, 6.45) is 0. The predicted octanol–water partition coefficient (Wildman–Crippen LogP) is 17.4. The van der Waals surface area contributed by atoms with Crippen molar-refractivity contribution in [2.45, 2.75) is 5.41 Å². The van der Waals surface area contributed by atoms with Crippen LogP contribution in [0, 0.1) is 0 Å². The van der Waals surface area contributed by atoms with Crippen molar-refractivity contribution in [2.24, 2.45) is 0 Å². The van der Waals surface area contributed by atoms with Gasteiger partial charge in [0.25, 0.3) is 0 Å². The highest BCUT2D eigenvalue weighted by Gasteiger charge is 2.46. The number of hydrogen-bond acceptors (Lipinski definition) is 1. The van der Waals surface area contributed by atoms with E-state index in [1.807, 2.05) is 0 Å². The molecule has 14 rings (SSSR count). The third-order valence-corrected chi connectivity index (χ3v) is 14.8. The molecule has 2 aromatic heterocycles. The van der Waals surface area contributed by atoms with Crippen molar-refractivity contribution in [3.63, 3.8) is 0 Å². The molecule has 11 aromatic carbocycles. The molecule has 0 bridgehead atoms. The number of fused-ring (bicyclic) bond motifs is 9. The van der Waals surface area contributed by atoms with E-state index in [4.69, 9.17) is 0 Å². The monoisotopic (exact) mass is 891 g/mol. The molecule has 0 saturated heterocycles. The Balaban J connectivity index is 1.00. The van der Waals surface area contributed by atoms with E-state index in [0.29, 0.717) is 0 Å². The summed E-state index contributed by atoms with van der Waals surface area (Å²) in [6, 6.07) is 100. The van der Waals surface area contributed by atoms with Crippen LogP contribution in [0.4, 0.5) is 17.1 Å². The van der Waals surface area contributed by atoms with E-state index in [1.165, 1.54) is 71.5 Å². The van der Waals surface area contributed by atoms with Crippen LogP contribution >= 0.6 is 0 Å². The van der Waals surface area contributed by atoms with E-state index in [0.717, 1.165) is 45.1 Å². The van der Waals surface area contributed by atoms with Crippen LogP contribution in [0.25, 0.3) is 77.2 Å². The van der Waals surface area contributed by atoms with Crippen molar-refractivity contribution in [2.75, 3.05) is 4.90 Å². The largest absolute Gasteiger partial charge is 0.310 e. The predicted molar refractivity (Wildman–Crippen MR) is 293 cm³/mol. The Morgan fingerprint density at radius 2 is 0.729 bits per heavy atom. The van der Waals surface area contributed by atoms with E-state index in [1.54, 1.807) is 0 Å². The molecule has 0 atom stereocenters. The van der Waals surface area contributed by atoms with Gasteiger partial charge in [0.15, 0.2) is 0 Å². The lowest BCUT2D eigenvalue weighted by Gasteiger charge is -2.34. The fraction of sp³-hybridized carbons (Fsp3) is 0.0149. The van der Waals surface area contributed by atoms with E-state index in [2.05, 4.69) is 287 Å². The second-order valence-electron chi connectivity index (χ2n) is 18.5. The molecule has 0 unspecified atom stereocenters. The Hall–Kier alpha value is -9.18. The van der Waals surface area contributed by atoms with Crippen LogP contribution in [0.15, 0.2) is 273 Å². The number of benzene rings is 11. The minimum atomic E-state index is -0.492. The minimum absolute atomic E-state index is 0.492. The lowest BCUT2D eigenvalue weighted by molar-refractivity contribution is 0.768. The molecule has 1 aliphatic carbocycles. The number of anilines is 3. The molecule has 13 aromatic rings. The standard InChI is InChI=1S/C67H45N3/c1-5-21-48(22-6-1)67(49-23-7-2-8-24-49)61-33-16-13-30-55(61)60-44-53(38-41-62(60)67)68(54-37-40-59-57-32-15-18-35-64(57)70(66(59)45-54)51-27-11-4-12-28-51)52-29-19-20-46(42-52)47-36-39-58-56-31-14-17-34-63(56)69(65(58)43-47)50-25-9-3-10-26-50/h1-45H. The molecule has 0 radical (unpaired) electrons. The number of nitrogens with zero attached hydrogens (tertiary/aromatic N) is 3. The fourth-order valence-electron chi connectivity index (χ4n) is 11.8. The van der Waals surface area contributed by atoms with Crippen molar-refractivity contribution in [3.05, 3.63) is 295 Å². The lowest BCUT2D eigenvalue weighted by Crippen LogP contribution is -2.28. The molecule has 3 nitrogen and oxygen atoms in total. The molecular formula is C67H45N3. The van der Waals surface area contributed by atoms with E-state index in [9.17, 15) is 0 Å². The summed E-state index contributed by atoms with van der Waals surface area (Å²) >= 11 is 0. The van der Waals surface area contributed by atoms with Gasteiger partial charge in [-0.15, -0.1) is 0 Å². The summed E-state index contributed by atoms with van der Waals surface area (Å²) in [5, 5.41) is 4.94. The van der Waals surface area contributed by atoms with Crippen LogP contribution in [-0.2, 0) is 5.41 Å². The van der Waals surface area contributed by atoms with E-state index in [-0.39, 0.29) is 0 Å². The average Bonchev–Trinajstić information content (AvgIpc) is 4.06. The molecule has 328 valence electrons. The van der Waals surface area contributed by atoms with Crippen LogP contribution in [-0.4, -0.2) is 9.13 Å². The summed E-state index contributed by atoms with van der Waals surface area (Å²) < 4.78 is 4.81. The van der Waals surface area contributed by atoms with Gasteiger partial charge < -0.3 is 14.0 Å². The zero-order chi connectivity index (χ0) is 46.2. The van der Waals surface area contributed by atoms with Crippen molar-refractivity contribution >= 4 is 60.7 Å². The van der Waals surface area contributed by atoms with Gasteiger partial charge in [0, 0.05) is 50.0 Å². The van der Waals surface area contributed by atoms with Gasteiger partial charge in [-0.1, -0.05) is 194 Å². The first-order valence-corrected chi connectivity index (χ1v) is 24.2. The maximum Gasteiger partial charge on any atom is 0.0713 e. The lowest BCUT2D eigenvalue weighted by atomic mass is 9.68. The number of aromatic nitrogens is 2. The second kappa shape index (κ2) is 16.0. The molecule has 0 saturated carbocycles. The normalized spacial score (nSPS) is 12.7. The SMILES string of the molecule is c1ccc(-n2c3ccccc3c3ccc(-c4cccc(N(c5ccc6c(c5)-c5ccccc5C6(c5ccccc5)c5ccccc5)c5ccc6c7ccccc7n(-c7ccccc7)c6c5)c4)cc32)cc1. The Morgan fingerprint density at radius 3 is 1.37 bits per heavy atom. The molecular weight excluding hydrogens is 847 g/mol. The Labute approximate surface area is 407 Å². The van der Waals surface area contributed by atoms with Gasteiger partial charge >= 0.3 is 0 Å². The third-order valence-electron chi connectivity index (χ3n) is 14.8. The van der Waals surface area contributed by atoms with Gasteiger partial charge in [-0.25, -0.2) is 0 Å². The minimum Gasteiger partial charge on any atom is -0.310 e. The zero-order valence-electron chi connectivity index (χ0n) is 38.3. The maximum absolute atomic E-state index is 2.46. The molecule has 0 spiro atoms. The maximum atomic E-state index is 2.46. The number of rotatable bonds is 8. The highest BCUT2D eigenvalue weighted by Crippen LogP contribution is 2.57. The van der Waals surface area contributed by atoms with Crippen LogP contribution in [0.5, 0.6) is 0 Å². The molecule has 3 heteroatoms. The molecule has 0 N–H and O–H groups in total. The van der Waals surface area contributed by atoms with Crippen molar-refractivity contribution in [1.29, 1.82) is 0 Å². The van der Waals surface area contributed by atoms with Gasteiger partial charge in [0.2, 0.25) is 0 Å². The van der Waals surface area contributed by atoms with Crippen molar-refractivity contribution in [1.82, 2.24) is 9.13 Å². The van der Waals surface area contributed by atoms with Crippen molar-refractivity contribution < 1.29 is 0 Å². The van der Waals surface area contributed by atoms with Gasteiger partial charge in [-0.2, -0.15) is 0 Å². The summed E-state index contributed by atoms with van der Waals surface area (Å²) in [5.41, 5.74) is 19.6. The van der Waals surface area contributed by atoms with Gasteiger partial charge in [-0.3, -0.25) is 0 Å². The molecule has 2 heterocycles. The first kappa shape index (κ1) is 39.9. The van der Waals surface area contributed by atoms with Crippen LogP contribution in [0.3, 0.4) is 0 Å². The van der Waals surface area contributed by atoms with Crippen LogP contribution in [0.1, 0.15) is 22.3 Å². The summed E-state index contributed by atoms with van der Waals surface area (Å²) in [5.74, 6) is 0. The Kier molecular flexibility index (Phi) is 9.11. The first-order chi connectivity index (χ1) is 34.7. The van der Waals surface area contributed by atoms with E-state index >= 15 is 0 Å². The highest BCUT2D eigenvalue weighted by molar-refractivity contribution is 6.11. The zero-order valence-corrected chi connectivity index (χ0v) is 38.3. The van der Waals surface area contributed by atoms with Gasteiger partial charge in [-0.05, 0) is 123 Å². The summed E-state index contributed by atoms with van der Waals surface area (Å²) in [4.78, 5) is 2.46. The van der Waals surface area contributed by atoms with Gasteiger partial charge in [0.1, 0.15) is 0 Å². The quantitative estimate of drug-likeness (QED) is 0.148. The molecule has 0 amide bonds. The first-order valence-electron chi connectivity index (χ1n) is 24.2. The number of para-hydroxylation sites is 4. The average molecular weight is 892 g/mol. The molecule has 0 fully saturated rings. The Morgan fingerprint density at radius 1 is 0.271 bits per heavy atom. The molecule has 0 aliphatic heterocycles.